The van der Waals surface area contributed by atoms with E-state index in [0.717, 1.165) is 70.2 Å². The van der Waals surface area contributed by atoms with Gasteiger partial charge in [-0.05, 0) is 132 Å². The Labute approximate surface area is 329 Å². The van der Waals surface area contributed by atoms with Crippen molar-refractivity contribution in [1.29, 1.82) is 0 Å². The van der Waals surface area contributed by atoms with E-state index in [-0.39, 0.29) is 33.0 Å². The van der Waals surface area contributed by atoms with Crippen LogP contribution in [0.15, 0.2) is 194 Å². The monoisotopic (exact) mass is 692 g/mol. The minimum atomic E-state index is -0.607. The van der Waals surface area contributed by atoms with E-state index in [9.17, 15) is 5.48 Å². The second-order valence-corrected chi connectivity index (χ2v) is 13.9. The van der Waals surface area contributed by atoms with Crippen molar-refractivity contribution < 1.29 is 16.4 Å². The smallest absolute Gasteiger partial charge is 0.0622 e. The highest BCUT2D eigenvalue weighted by Crippen LogP contribution is 2.49. The van der Waals surface area contributed by atoms with Crippen LogP contribution in [0.4, 0.5) is 0 Å². The molecule has 0 aliphatic carbocycles. The minimum absolute atomic E-state index is 0.103. The molecule has 0 heteroatoms. The van der Waals surface area contributed by atoms with E-state index in [1.54, 1.807) is 6.07 Å². The van der Waals surface area contributed by atoms with E-state index in [0.29, 0.717) is 16.7 Å². The summed E-state index contributed by atoms with van der Waals surface area (Å²) >= 11 is 0. The van der Waals surface area contributed by atoms with Gasteiger partial charge >= 0.3 is 0 Å². The Hall–Kier alpha value is -7.02. The van der Waals surface area contributed by atoms with Gasteiger partial charge in [0.15, 0.2) is 0 Å². The van der Waals surface area contributed by atoms with Crippen molar-refractivity contribution in [3.63, 3.8) is 0 Å². The van der Waals surface area contributed by atoms with E-state index < -0.39 is 72.5 Å². The Morgan fingerprint density at radius 2 is 0.759 bits per heavy atom. The van der Waals surface area contributed by atoms with Gasteiger partial charge in [0.05, 0.1) is 16.4 Å². The zero-order valence-corrected chi connectivity index (χ0v) is 28.5. The van der Waals surface area contributed by atoms with E-state index in [1.807, 2.05) is 54.6 Å². The van der Waals surface area contributed by atoms with Crippen LogP contribution in [-0.2, 0) is 0 Å². The van der Waals surface area contributed by atoms with Gasteiger partial charge in [-0.15, -0.1) is 0 Å². The Morgan fingerprint density at radius 3 is 1.41 bits per heavy atom. The Kier molecular flexibility index (Phi) is 4.22. The van der Waals surface area contributed by atoms with Crippen molar-refractivity contribution in [2.75, 3.05) is 0 Å². The zero-order chi connectivity index (χ0) is 45.8. The molecule has 0 aliphatic heterocycles. The molecule has 248 valence electrons. The summed E-state index contributed by atoms with van der Waals surface area (Å²) in [5.74, 6) is 0. The largest absolute Gasteiger partial charge is 0.0629 e. The summed E-state index contributed by atoms with van der Waals surface area (Å²) in [6.07, 6.45) is 0. The van der Waals surface area contributed by atoms with Crippen LogP contribution >= 0.6 is 0 Å². The molecule has 0 heterocycles. The second kappa shape index (κ2) is 11.2. The van der Waals surface area contributed by atoms with Crippen LogP contribution in [0.25, 0.3) is 120 Å². The Bertz CT molecular complexity index is 4070. The molecular weight excluding hydrogens is 649 g/mol. The highest BCUT2D eigenvalue weighted by molar-refractivity contribution is 6.27. The van der Waals surface area contributed by atoms with Crippen molar-refractivity contribution in [2.45, 2.75) is 0 Å². The molecule has 0 saturated carbocycles. The van der Waals surface area contributed by atoms with Gasteiger partial charge in [0.25, 0.3) is 0 Å². The second-order valence-electron chi connectivity index (χ2n) is 13.9. The van der Waals surface area contributed by atoms with Crippen molar-refractivity contribution in [3.8, 4) is 44.5 Å². The van der Waals surface area contributed by atoms with Gasteiger partial charge < -0.3 is 0 Å². The molecule has 0 aromatic heterocycles. The highest BCUT2D eigenvalue weighted by atomic mass is 14.3. The number of hydrogen-bond acceptors (Lipinski definition) is 0. The van der Waals surface area contributed by atoms with Crippen LogP contribution in [0.2, 0.25) is 0 Å². The average molecular weight is 693 g/mol. The maximum absolute atomic E-state index is 9.67. The van der Waals surface area contributed by atoms with Crippen molar-refractivity contribution in [1.82, 2.24) is 0 Å². The van der Waals surface area contributed by atoms with Crippen LogP contribution in [0.1, 0.15) is 16.4 Å². The van der Waals surface area contributed by atoms with Gasteiger partial charge in [-0.2, -0.15) is 0 Å². The number of benzene rings is 12. The number of rotatable bonds is 4. The first kappa shape index (κ1) is 20.3. The molecule has 0 radical (unpaired) electrons. The van der Waals surface area contributed by atoms with Gasteiger partial charge in [0, 0.05) is 0 Å². The summed E-state index contributed by atoms with van der Waals surface area (Å²) in [6, 6.07) is 33.7. The molecule has 0 bridgehead atoms. The van der Waals surface area contributed by atoms with Crippen molar-refractivity contribution in [3.05, 3.63) is 194 Å². The van der Waals surface area contributed by atoms with Crippen LogP contribution in [0.3, 0.4) is 0 Å². The third-order valence-corrected chi connectivity index (χ3v) is 11.1. The summed E-state index contributed by atoms with van der Waals surface area (Å²) in [5.41, 5.74) is 2.36. The molecule has 0 nitrogen and oxygen atoms in total. The van der Waals surface area contributed by atoms with Crippen molar-refractivity contribution in [2.24, 2.45) is 0 Å². The number of hydrogen-bond donors (Lipinski definition) is 0. The van der Waals surface area contributed by atoms with Gasteiger partial charge in [0.1, 0.15) is 0 Å². The van der Waals surface area contributed by atoms with E-state index in [4.69, 9.17) is 11.0 Å². The summed E-state index contributed by atoms with van der Waals surface area (Å²) in [6.45, 7) is 0. The lowest BCUT2D eigenvalue weighted by Crippen LogP contribution is -1.96. The van der Waals surface area contributed by atoms with Gasteiger partial charge in [0.2, 0.25) is 0 Å². The maximum Gasteiger partial charge on any atom is 0.0629 e. The molecule has 12 aromatic carbocycles. The van der Waals surface area contributed by atoms with E-state index in [2.05, 4.69) is 60.7 Å². The first-order valence-electron chi connectivity index (χ1n) is 23.9. The first-order chi connectivity index (χ1) is 31.8. The molecule has 0 saturated heterocycles. The minimum Gasteiger partial charge on any atom is -0.0622 e. The highest BCUT2D eigenvalue weighted by Gasteiger charge is 2.22. The molecule has 0 amide bonds. The molecule has 0 fully saturated rings. The average Bonchev–Trinajstić information content (AvgIpc) is 3.34. The lowest BCUT2D eigenvalue weighted by Gasteiger charge is -2.22. The normalized spacial score (nSPS) is 15.2. The SMILES string of the molecule is [2H]c1c([2H])c([2H])c(-c2c(-c3ccc4ccc5cccc6ccc3c4c56)cc(-c3ccc4ccc5cccc6ccc3c4c56)cc2-c2c([2H])c([2H])c([2H])c3c([2H])c([2H])c([2H])c([2H])c23)c([2H])c1[2H]. The van der Waals surface area contributed by atoms with Gasteiger partial charge in [-0.1, -0.05) is 182 Å². The van der Waals surface area contributed by atoms with Gasteiger partial charge in [-0.25, -0.2) is 0 Å². The summed E-state index contributed by atoms with van der Waals surface area (Å²) in [7, 11) is 0. The standard InChI is InChI=1S/C54H32/c1-2-10-34(11-3-1)52-48(44-18-8-12-33-9-4-5-17-42(33)44)31-41(43-27-23-39-21-19-35-13-6-15-37-25-29-46(43)53(39)50(35)37)32-49(52)45-28-24-40-22-20-36-14-7-16-38-26-30-47(45)54(40)51(36)38/h1-32H/i1D,2D,3D,4D,5D,8D,9D,10D,11D,12D,17D,18D. The molecule has 0 aliphatic rings. The lowest BCUT2D eigenvalue weighted by atomic mass is 9.81. The number of fused-ring (bicyclic) bond motifs is 1. The molecule has 0 unspecified atom stereocenters. The quantitative estimate of drug-likeness (QED) is 0.161. The topological polar surface area (TPSA) is 0 Å². The van der Waals surface area contributed by atoms with Crippen LogP contribution in [0, 0.1) is 0 Å². The fourth-order valence-corrected chi connectivity index (χ4v) is 8.82. The fraction of sp³-hybridized carbons (Fsp3) is 0. The maximum atomic E-state index is 9.67. The lowest BCUT2D eigenvalue weighted by molar-refractivity contribution is 1.58. The molecule has 0 spiro atoms. The van der Waals surface area contributed by atoms with Gasteiger partial charge in [-0.3, -0.25) is 0 Å². The van der Waals surface area contributed by atoms with Crippen LogP contribution in [-0.4, -0.2) is 0 Å². The third-order valence-electron chi connectivity index (χ3n) is 11.1. The third kappa shape index (κ3) is 4.20. The van der Waals surface area contributed by atoms with Crippen LogP contribution in [0.5, 0.6) is 0 Å². The van der Waals surface area contributed by atoms with E-state index >= 15 is 0 Å². The molecule has 0 atom stereocenters. The Morgan fingerprint density at radius 1 is 0.278 bits per heavy atom. The van der Waals surface area contributed by atoms with Crippen molar-refractivity contribution >= 4 is 75.4 Å². The molecule has 54 heavy (non-hydrogen) atoms. The Balaban J connectivity index is 1.35. The molecule has 12 aromatic rings. The molecule has 0 N–H and O–H groups in total. The summed E-state index contributed by atoms with van der Waals surface area (Å²) in [4.78, 5) is 0. The molecule has 12 rings (SSSR count). The summed E-state index contributed by atoms with van der Waals surface area (Å²) in [5, 5.41) is 11.5. The molecular formula is C54H32. The fourth-order valence-electron chi connectivity index (χ4n) is 8.82. The predicted octanol–water partition coefficient (Wildman–Crippen LogP) is 15.3. The zero-order valence-electron chi connectivity index (χ0n) is 40.5. The van der Waals surface area contributed by atoms with E-state index in [1.165, 1.54) is 0 Å². The summed E-state index contributed by atoms with van der Waals surface area (Å²) < 4.78 is 109. The first-order valence-corrected chi connectivity index (χ1v) is 17.9. The van der Waals surface area contributed by atoms with Crippen LogP contribution < -0.4 is 0 Å². The predicted molar refractivity (Wildman–Crippen MR) is 233 cm³/mol.